The quantitative estimate of drug-likeness (QED) is 0.172. The van der Waals surface area contributed by atoms with Crippen LogP contribution in [-0.2, 0) is 18.3 Å². The zero-order valence-electron chi connectivity index (χ0n) is 34.6. The normalized spacial score (nSPS) is 19.6. The first-order valence-corrected chi connectivity index (χ1v) is 29.1. The Labute approximate surface area is 341 Å². The molecular weight excluding hydrogens is 807 g/mol. The van der Waals surface area contributed by atoms with Crippen LogP contribution < -0.4 is 9.80 Å². The van der Waals surface area contributed by atoms with Crippen molar-refractivity contribution in [3.8, 4) is 0 Å². The molecule has 3 aromatic rings. The molecule has 1 saturated heterocycles. The first kappa shape index (κ1) is 42.2. The summed E-state index contributed by atoms with van der Waals surface area (Å²) < 4.78 is 2.29. The van der Waals surface area contributed by atoms with E-state index in [4.69, 9.17) is 19.4 Å². The number of halogens is 2. The van der Waals surface area contributed by atoms with Crippen LogP contribution in [0.4, 0.5) is 11.4 Å². The van der Waals surface area contributed by atoms with Crippen LogP contribution in [0.3, 0.4) is 0 Å². The van der Waals surface area contributed by atoms with Crippen molar-refractivity contribution in [1.29, 1.82) is 0 Å². The van der Waals surface area contributed by atoms with E-state index in [1.165, 1.54) is 90.7 Å². The molecule has 1 heterocycles. The molecule has 0 N–H and O–H groups in total. The molecule has 0 amide bonds. The molecule has 0 spiro atoms. The molecular formula is C48H69Cl2N2PRu. The maximum atomic E-state index is 7.58. The zero-order chi connectivity index (χ0) is 38.4. The van der Waals surface area contributed by atoms with Gasteiger partial charge in [0.05, 0.1) is 0 Å². The van der Waals surface area contributed by atoms with Crippen LogP contribution in [-0.4, -0.2) is 38.5 Å². The van der Waals surface area contributed by atoms with E-state index in [2.05, 4.69) is 113 Å². The van der Waals surface area contributed by atoms with E-state index in [9.17, 15) is 0 Å². The van der Waals surface area contributed by atoms with Crippen LogP contribution in [0.5, 0.6) is 0 Å². The fourth-order valence-corrected chi connectivity index (χ4v) is 20.8. The molecule has 3 aliphatic carbocycles. The van der Waals surface area contributed by atoms with Gasteiger partial charge in [-0.3, -0.25) is 0 Å². The minimum atomic E-state index is -3.46. The summed E-state index contributed by atoms with van der Waals surface area (Å²) in [4.78, 5) is 4.87. The molecule has 298 valence electrons. The SMILES string of the molecule is C1CCC(P(C2CCCCC2)C2CCCCC2)CC1.C[C](Cc1ccccc1)=[Ru]([Cl])([Cl])=[C]1N(c2c(C)cc(C)cc2C)CCN1c1c(C)cc(C)cc1C. The number of nitrogens with zero attached hydrogens (tertiary/aromatic N) is 2. The van der Waals surface area contributed by atoms with E-state index in [1.807, 2.05) is 0 Å². The van der Waals surface area contributed by atoms with Crippen LogP contribution in [0.15, 0.2) is 54.6 Å². The molecule has 2 nitrogen and oxygen atoms in total. The maximum absolute atomic E-state index is 7.58. The van der Waals surface area contributed by atoms with Crippen molar-refractivity contribution in [2.45, 2.75) is 168 Å². The molecule has 0 aromatic heterocycles. The van der Waals surface area contributed by atoms with Crippen molar-refractivity contribution in [3.63, 3.8) is 0 Å². The fraction of sp³-hybridized carbons (Fsp3) is 0.583. The molecule has 4 aliphatic rings. The molecule has 0 radical (unpaired) electrons. The summed E-state index contributed by atoms with van der Waals surface area (Å²) in [6, 6.07) is 19.6. The molecule has 0 atom stereocenters. The van der Waals surface area contributed by atoms with E-state index >= 15 is 0 Å². The van der Waals surface area contributed by atoms with Gasteiger partial charge in [-0.2, -0.15) is 0 Å². The van der Waals surface area contributed by atoms with Crippen molar-refractivity contribution in [1.82, 2.24) is 0 Å². The zero-order valence-corrected chi connectivity index (χ0v) is 38.8. The van der Waals surface area contributed by atoms with Gasteiger partial charge >= 0.3 is 222 Å². The van der Waals surface area contributed by atoms with E-state index in [-0.39, 0.29) is 0 Å². The van der Waals surface area contributed by atoms with Gasteiger partial charge in [-0.25, -0.2) is 0 Å². The van der Waals surface area contributed by atoms with Gasteiger partial charge in [0.2, 0.25) is 0 Å². The van der Waals surface area contributed by atoms with Crippen molar-refractivity contribution in [3.05, 3.63) is 93.5 Å². The van der Waals surface area contributed by atoms with Gasteiger partial charge in [0.1, 0.15) is 0 Å². The summed E-state index contributed by atoms with van der Waals surface area (Å²) in [5.41, 5.74) is 14.9. The Hall–Kier alpha value is -1.37. The second-order valence-electron chi connectivity index (χ2n) is 17.1. The van der Waals surface area contributed by atoms with Crippen molar-refractivity contribution < 1.29 is 11.9 Å². The second-order valence-corrected chi connectivity index (χ2v) is 30.0. The molecule has 0 bridgehead atoms. The third kappa shape index (κ3) is 10.0. The van der Waals surface area contributed by atoms with E-state index in [1.54, 1.807) is 77.0 Å². The second kappa shape index (κ2) is 19.4. The Balaban J connectivity index is 0.000000219. The number of rotatable bonds is 7. The van der Waals surface area contributed by atoms with Crippen molar-refractivity contribution in [2.24, 2.45) is 0 Å². The Kier molecular flexibility index (Phi) is 15.2. The summed E-state index contributed by atoms with van der Waals surface area (Å²) >= 11 is -3.46. The van der Waals surface area contributed by atoms with Gasteiger partial charge < -0.3 is 0 Å². The predicted molar refractivity (Wildman–Crippen MR) is 241 cm³/mol. The molecule has 0 unspecified atom stereocenters. The van der Waals surface area contributed by atoms with Crippen LogP contribution in [0.25, 0.3) is 0 Å². The van der Waals surface area contributed by atoms with E-state index < -0.39 is 11.9 Å². The Morgan fingerprint density at radius 2 is 0.926 bits per heavy atom. The average molecular weight is 877 g/mol. The first-order chi connectivity index (χ1) is 26.0. The predicted octanol–water partition coefficient (Wildman–Crippen LogP) is 14.3. The van der Waals surface area contributed by atoms with Crippen LogP contribution in [0.2, 0.25) is 0 Å². The van der Waals surface area contributed by atoms with E-state index in [0.29, 0.717) is 7.92 Å². The first-order valence-electron chi connectivity index (χ1n) is 21.3. The van der Waals surface area contributed by atoms with Gasteiger partial charge in [0, 0.05) is 0 Å². The van der Waals surface area contributed by atoms with Crippen LogP contribution >= 0.6 is 27.3 Å². The molecule has 3 saturated carbocycles. The van der Waals surface area contributed by atoms with Gasteiger partial charge in [-0.05, 0) is 55.5 Å². The molecule has 54 heavy (non-hydrogen) atoms. The number of anilines is 2. The molecule has 7 rings (SSSR count). The number of hydrogen-bond donors (Lipinski definition) is 0. The van der Waals surface area contributed by atoms with Gasteiger partial charge in [0.15, 0.2) is 0 Å². The fourth-order valence-electron chi connectivity index (χ4n) is 10.5. The average Bonchev–Trinajstić information content (AvgIpc) is 3.57. The van der Waals surface area contributed by atoms with E-state index in [0.717, 1.165) is 23.9 Å². The van der Waals surface area contributed by atoms with Gasteiger partial charge in [-0.15, -0.1) is 0 Å². The summed E-state index contributed by atoms with van der Waals surface area (Å²) in [6.45, 7) is 17.0. The van der Waals surface area contributed by atoms with Crippen molar-refractivity contribution >= 4 is 47.1 Å². The number of hydrogen-bond acceptors (Lipinski definition) is 2. The van der Waals surface area contributed by atoms with Crippen LogP contribution in [0.1, 0.15) is 142 Å². The molecule has 1 aliphatic heterocycles. The Bertz CT molecular complexity index is 1680. The van der Waals surface area contributed by atoms with Gasteiger partial charge in [0.25, 0.3) is 0 Å². The third-order valence-corrected chi connectivity index (χ3v) is 24.9. The van der Waals surface area contributed by atoms with Crippen molar-refractivity contribution in [2.75, 3.05) is 22.9 Å². The Morgan fingerprint density at radius 1 is 0.574 bits per heavy atom. The summed E-state index contributed by atoms with van der Waals surface area (Å²) in [5.74, 6) is 0. The standard InChI is InChI=1S/C21H26N2.C18H33P.C9H10.2ClH.Ru/c1-14-9-16(3)20(17(4)10-14)22-7-8-23(13-22)21-18(5)11-15(2)12-19(21)6;1-4-10-16(11-5-1)19(17-12-6-2-7-13-17)18-14-8-3-9-15-18;1-2-6-9-7-4-3-5-8-9;;;/h9-12H,7-8H2,1-6H3;16-18H,1-15H2;3-5,7-8H,6H2,1H3;2*1H;/q;;;;;+2/p-2. The van der Waals surface area contributed by atoms with Gasteiger partial charge in [-0.1, -0.05) is 65.7 Å². The summed E-state index contributed by atoms with van der Waals surface area (Å²) in [7, 11) is 15.5. The van der Waals surface area contributed by atoms with Crippen LogP contribution in [0, 0.1) is 41.5 Å². The molecule has 6 heteroatoms. The minimum absolute atomic E-state index is 0.385. The topological polar surface area (TPSA) is 6.48 Å². The summed E-state index contributed by atoms with van der Waals surface area (Å²) in [5, 5.41) is 0. The Morgan fingerprint density at radius 3 is 1.28 bits per heavy atom. The third-order valence-electron chi connectivity index (χ3n) is 12.6. The molecule has 4 fully saturated rings. The number of benzene rings is 3. The molecule has 3 aromatic carbocycles. The monoisotopic (exact) mass is 876 g/mol. The summed E-state index contributed by atoms with van der Waals surface area (Å²) in [6.07, 6.45) is 24.4. The number of aryl methyl sites for hydroxylation is 6.